The van der Waals surface area contributed by atoms with Crippen LogP contribution in [0.5, 0.6) is 0 Å². The SMILES string of the molecule is CC(C)CN(C)Cc1cnc(N2C3CCC2CN(C)C3)nc1.CCC. The molecule has 3 heterocycles. The maximum absolute atomic E-state index is 4.67. The van der Waals surface area contributed by atoms with Crippen LogP contribution in [-0.4, -0.2) is 65.6 Å². The predicted molar refractivity (Wildman–Crippen MR) is 106 cm³/mol. The number of hydrogen-bond acceptors (Lipinski definition) is 5. The molecule has 0 N–H and O–H groups in total. The first-order chi connectivity index (χ1) is 11.9. The maximum atomic E-state index is 4.67. The van der Waals surface area contributed by atoms with Crippen LogP contribution >= 0.6 is 0 Å². The van der Waals surface area contributed by atoms with Crippen LogP contribution in [0.25, 0.3) is 0 Å². The molecule has 2 atom stereocenters. The quantitative estimate of drug-likeness (QED) is 0.817. The normalized spacial score (nSPS) is 23.1. The van der Waals surface area contributed by atoms with Crippen LogP contribution in [-0.2, 0) is 6.54 Å². The van der Waals surface area contributed by atoms with Crippen molar-refractivity contribution in [2.75, 3.05) is 38.6 Å². The van der Waals surface area contributed by atoms with E-state index in [1.807, 2.05) is 12.4 Å². The largest absolute Gasteiger partial charge is 0.332 e. The Balaban J connectivity index is 0.000000701. The van der Waals surface area contributed by atoms with E-state index in [-0.39, 0.29) is 0 Å². The molecule has 2 saturated heterocycles. The summed E-state index contributed by atoms with van der Waals surface area (Å²) in [4.78, 5) is 16.6. The van der Waals surface area contributed by atoms with Crippen LogP contribution in [0.15, 0.2) is 12.4 Å². The van der Waals surface area contributed by atoms with E-state index in [1.165, 1.54) is 24.8 Å². The highest BCUT2D eigenvalue weighted by Crippen LogP contribution is 2.32. The molecule has 3 rings (SSSR count). The van der Waals surface area contributed by atoms with E-state index in [4.69, 9.17) is 0 Å². The number of likely N-dealkylation sites (N-methyl/N-ethyl adjacent to an activating group) is 1. The number of piperazine rings is 1. The summed E-state index contributed by atoms with van der Waals surface area (Å²) in [7, 11) is 4.38. The Kier molecular flexibility index (Phi) is 7.63. The third-order valence-electron chi connectivity index (χ3n) is 4.72. The fourth-order valence-electron chi connectivity index (χ4n) is 4.00. The van der Waals surface area contributed by atoms with Crippen molar-refractivity contribution in [3.8, 4) is 0 Å². The Morgan fingerprint density at radius 2 is 1.64 bits per heavy atom. The summed E-state index contributed by atoms with van der Waals surface area (Å²) in [5.41, 5.74) is 1.20. The molecule has 0 saturated carbocycles. The van der Waals surface area contributed by atoms with Gasteiger partial charge in [0.1, 0.15) is 0 Å². The highest BCUT2D eigenvalue weighted by molar-refractivity contribution is 5.37. The van der Waals surface area contributed by atoms with Gasteiger partial charge in [0.05, 0.1) is 0 Å². The van der Waals surface area contributed by atoms with Crippen molar-refractivity contribution in [2.24, 2.45) is 5.92 Å². The molecule has 2 fully saturated rings. The van der Waals surface area contributed by atoms with Gasteiger partial charge >= 0.3 is 0 Å². The van der Waals surface area contributed by atoms with Gasteiger partial charge in [-0.3, -0.25) is 0 Å². The molecule has 2 aliphatic heterocycles. The molecule has 2 bridgehead atoms. The Morgan fingerprint density at radius 3 is 2.12 bits per heavy atom. The Morgan fingerprint density at radius 1 is 1.12 bits per heavy atom. The first-order valence-electron chi connectivity index (χ1n) is 9.90. The van der Waals surface area contributed by atoms with Crippen molar-refractivity contribution in [3.63, 3.8) is 0 Å². The summed E-state index contributed by atoms with van der Waals surface area (Å²) in [6.45, 7) is 13.0. The van der Waals surface area contributed by atoms with Crippen molar-refractivity contribution >= 4 is 5.95 Å². The number of aromatic nitrogens is 2. The summed E-state index contributed by atoms with van der Waals surface area (Å²) in [5, 5.41) is 0. The molecule has 0 aromatic carbocycles. The summed E-state index contributed by atoms with van der Waals surface area (Å²) in [5.74, 6) is 1.61. The summed E-state index contributed by atoms with van der Waals surface area (Å²) < 4.78 is 0. The van der Waals surface area contributed by atoms with Crippen LogP contribution in [0.4, 0.5) is 5.95 Å². The maximum Gasteiger partial charge on any atom is 0.225 e. The Labute approximate surface area is 154 Å². The predicted octanol–water partition coefficient (Wildman–Crippen LogP) is 3.26. The lowest BCUT2D eigenvalue weighted by Crippen LogP contribution is -2.53. The van der Waals surface area contributed by atoms with E-state index >= 15 is 0 Å². The van der Waals surface area contributed by atoms with E-state index in [0.29, 0.717) is 18.0 Å². The monoisotopic (exact) mass is 347 g/mol. The zero-order valence-corrected chi connectivity index (χ0v) is 17.1. The van der Waals surface area contributed by atoms with E-state index in [1.54, 1.807) is 0 Å². The minimum absolute atomic E-state index is 0.596. The molecule has 1 aromatic heterocycles. The van der Waals surface area contributed by atoms with Crippen LogP contribution in [0.3, 0.4) is 0 Å². The lowest BCUT2D eigenvalue weighted by atomic mass is 10.2. The molecule has 0 amide bonds. The second-order valence-corrected chi connectivity index (χ2v) is 8.20. The average Bonchev–Trinajstić information content (AvgIpc) is 2.80. The number of hydrogen-bond donors (Lipinski definition) is 0. The smallest absolute Gasteiger partial charge is 0.225 e. The lowest BCUT2D eigenvalue weighted by Gasteiger charge is -2.39. The van der Waals surface area contributed by atoms with Gasteiger partial charge in [-0.25, -0.2) is 9.97 Å². The number of fused-ring (bicyclic) bond motifs is 2. The molecule has 0 aliphatic carbocycles. The molecule has 142 valence electrons. The first-order valence-corrected chi connectivity index (χ1v) is 9.90. The van der Waals surface area contributed by atoms with E-state index in [0.717, 1.165) is 32.1 Å². The molecule has 5 heteroatoms. The van der Waals surface area contributed by atoms with Crippen molar-refractivity contribution in [1.82, 2.24) is 19.8 Å². The van der Waals surface area contributed by atoms with Crippen LogP contribution in [0, 0.1) is 5.92 Å². The van der Waals surface area contributed by atoms with Gasteiger partial charge in [0.15, 0.2) is 0 Å². The van der Waals surface area contributed by atoms with Crippen molar-refractivity contribution in [3.05, 3.63) is 18.0 Å². The van der Waals surface area contributed by atoms with E-state index in [2.05, 4.69) is 66.5 Å². The molecule has 1 aromatic rings. The van der Waals surface area contributed by atoms with Crippen molar-refractivity contribution in [2.45, 2.75) is 65.6 Å². The van der Waals surface area contributed by atoms with Gasteiger partial charge in [0.2, 0.25) is 5.95 Å². The van der Waals surface area contributed by atoms with Gasteiger partial charge < -0.3 is 14.7 Å². The van der Waals surface area contributed by atoms with Crippen LogP contribution in [0.1, 0.15) is 52.5 Å². The third-order valence-corrected chi connectivity index (χ3v) is 4.72. The van der Waals surface area contributed by atoms with Gasteiger partial charge in [0, 0.05) is 56.2 Å². The number of likely N-dealkylation sites (tertiary alicyclic amines) is 1. The second-order valence-electron chi connectivity index (χ2n) is 8.20. The van der Waals surface area contributed by atoms with Gasteiger partial charge in [0.25, 0.3) is 0 Å². The molecule has 0 radical (unpaired) electrons. The molecule has 0 spiro atoms. The number of nitrogens with zero attached hydrogens (tertiary/aromatic N) is 5. The molecule has 25 heavy (non-hydrogen) atoms. The second kappa shape index (κ2) is 9.48. The molecular formula is C20H37N5. The average molecular weight is 348 g/mol. The minimum Gasteiger partial charge on any atom is -0.332 e. The molecule has 2 unspecified atom stereocenters. The highest BCUT2D eigenvalue weighted by atomic mass is 15.4. The highest BCUT2D eigenvalue weighted by Gasteiger charge is 2.40. The van der Waals surface area contributed by atoms with Crippen molar-refractivity contribution in [1.29, 1.82) is 0 Å². The topological polar surface area (TPSA) is 35.5 Å². The standard InChI is InChI=1S/C17H29N5.C3H8/c1-13(2)9-20(3)10-14-7-18-17(19-8-14)22-15-5-6-16(22)12-21(4)11-15;1-3-2/h7-8,13,15-16H,5-6,9-12H2,1-4H3;3H2,1-2H3. The first kappa shape index (κ1) is 20.1. The summed E-state index contributed by atoms with van der Waals surface area (Å²) >= 11 is 0. The van der Waals surface area contributed by atoms with E-state index < -0.39 is 0 Å². The minimum atomic E-state index is 0.596. The van der Waals surface area contributed by atoms with Crippen LogP contribution in [0.2, 0.25) is 0 Å². The van der Waals surface area contributed by atoms with Crippen LogP contribution < -0.4 is 4.90 Å². The van der Waals surface area contributed by atoms with Gasteiger partial charge in [-0.1, -0.05) is 34.1 Å². The molecular weight excluding hydrogens is 310 g/mol. The fraction of sp³-hybridized carbons (Fsp3) is 0.800. The summed E-state index contributed by atoms with van der Waals surface area (Å²) in [6.07, 6.45) is 7.82. The van der Waals surface area contributed by atoms with Crippen molar-refractivity contribution < 1.29 is 0 Å². The third kappa shape index (κ3) is 5.65. The fourth-order valence-corrected chi connectivity index (χ4v) is 4.00. The lowest BCUT2D eigenvalue weighted by molar-refractivity contribution is 0.262. The van der Waals surface area contributed by atoms with Gasteiger partial charge in [-0.15, -0.1) is 0 Å². The summed E-state index contributed by atoms with van der Waals surface area (Å²) in [6, 6.07) is 1.19. The van der Waals surface area contributed by atoms with Gasteiger partial charge in [-0.05, 0) is 32.9 Å². The number of rotatable bonds is 5. The molecule has 5 nitrogen and oxygen atoms in total. The number of anilines is 1. The zero-order valence-electron chi connectivity index (χ0n) is 17.1. The Hall–Kier alpha value is -1.20. The molecule has 2 aliphatic rings. The van der Waals surface area contributed by atoms with Gasteiger partial charge in [-0.2, -0.15) is 0 Å². The zero-order chi connectivity index (χ0) is 18.4. The Bertz CT molecular complexity index is 487. The van der Waals surface area contributed by atoms with E-state index in [9.17, 15) is 0 Å².